The van der Waals surface area contributed by atoms with Gasteiger partial charge in [-0.25, -0.2) is 9.59 Å². The molecular formula is C18H20O4. The molecule has 22 heavy (non-hydrogen) atoms. The van der Waals surface area contributed by atoms with Crippen LogP contribution in [0.4, 0.5) is 0 Å². The lowest BCUT2D eigenvalue weighted by Crippen LogP contribution is -2.26. The molecule has 0 aromatic heterocycles. The zero-order chi connectivity index (χ0) is 16.3. The highest BCUT2D eigenvalue weighted by molar-refractivity contribution is 6.02. The number of carbonyl (C=O) groups is 2. The van der Waals surface area contributed by atoms with Gasteiger partial charge in [0.05, 0.1) is 11.1 Å². The van der Waals surface area contributed by atoms with Crippen LogP contribution in [-0.2, 0) is 4.74 Å². The lowest BCUT2D eigenvalue weighted by Gasteiger charge is -2.28. The van der Waals surface area contributed by atoms with E-state index in [1.54, 1.807) is 12.1 Å². The van der Waals surface area contributed by atoms with Crippen molar-refractivity contribution in [3.8, 4) is 0 Å². The Labute approximate surface area is 130 Å². The van der Waals surface area contributed by atoms with Crippen LogP contribution in [-0.4, -0.2) is 23.1 Å². The van der Waals surface area contributed by atoms with Gasteiger partial charge in [0.15, 0.2) is 0 Å². The fraction of sp³-hybridized carbons (Fsp3) is 0.333. The molecule has 4 heteroatoms. The summed E-state index contributed by atoms with van der Waals surface area (Å²) in [5.74, 6) is -1.45. The van der Waals surface area contributed by atoms with Crippen molar-refractivity contribution in [2.75, 3.05) is 0 Å². The Morgan fingerprint density at radius 3 is 2.50 bits per heavy atom. The Morgan fingerprint density at radius 2 is 1.91 bits per heavy atom. The number of carbonyl (C=O) groups excluding carboxylic acids is 1. The van der Waals surface area contributed by atoms with Crippen molar-refractivity contribution >= 4 is 11.9 Å². The number of hydrogen-bond donors (Lipinski definition) is 1. The summed E-state index contributed by atoms with van der Waals surface area (Å²) in [4.78, 5) is 23.5. The molecule has 4 nitrogen and oxygen atoms in total. The van der Waals surface area contributed by atoms with E-state index in [-0.39, 0.29) is 23.1 Å². The highest BCUT2D eigenvalue weighted by Crippen LogP contribution is 2.30. The third-order valence-electron chi connectivity index (χ3n) is 4.05. The summed E-state index contributed by atoms with van der Waals surface area (Å²) in [5, 5.41) is 9.16. The molecule has 0 radical (unpaired) electrons. The minimum atomic E-state index is -1.14. The maximum Gasteiger partial charge on any atom is 0.339 e. The molecule has 1 aliphatic carbocycles. The number of aromatic carboxylic acids is 1. The third kappa shape index (κ3) is 3.45. The molecule has 0 bridgehead atoms. The molecule has 1 aliphatic rings. The van der Waals surface area contributed by atoms with Gasteiger partial charge in [0.25, 0.3) is 0 Å². The van der Waals surface area contributed by atoms with Crippen molar-refractivity contribution in [2.45, 2.75) is 32.8 Å². The fourth-order valence-corrected chi connectivity index (χ4v) is 2.58. The van der Waals surface area contributed by atoms with Crippen LogP contribution in [0.15, 0.2) is 48.1 Å². The number of ether oxygens (including phenoxy) is 1. The van der Waals surface area contributed by atoms with E-state index in [1.807, 2.05) is 13.8 Å². The average Bonchev–Trinajstić information content (AvgIpc) is 2.49. The molecule has 2 atom stereocenters. The second-order valence-corrected chi connectivity index (χ2v) is 5.71. The first-order chi connectivity index (χ1) is 10.4. The van der Waals surface area contributed by atoms with Gasteiger partial charge in [0.2, 0.25) is 0 Å². The van der Waals surface area contributed by atoms with Crippen LogP contribution in [0.5, 0.6) is 0 Å². The molecule has 0 aliphatic heterocycles. The number of carboxylic acid groups (broad SMARTS) is 1. The second-order valence-electron chi connectivity index (χ2n) is 5.71. The van der Waals surface area contributed by atoms with E-state index in [4.69, 9.17) is 9.84 Å². The zero-order valence-corrected chi connectivity index (χ0v) is 12.8. The van der Waals surface area contributed by atoms with Crippen molar-refractivity contribution in [3.63, 3.8) is 0 Å². The molecule has 2 rings (SSSR count). The highest BCUT2D eigenvalue weighted by atomic mass is 16.5. The first-order valence-corrected chi connectivity index (χ1v) is 7.25. The maximum absolute atomic E-state index is 12.3. The lowest BCUT2D eigenvalue weighted by molar-refractivity contribution is 0.0317. The van der Waals surface area contributed by atoms with Crippen molar-refractivity contribution in [2.24, 2.45) is 5.92 Å². The average molecular weight is 300 g/mol. The van der Waals surface area contributed by atoms with E-state index in [0.29, 0.717) is 6.42 Å². The zero-order valence-electron chi connectivity index (χ0n) is 12.8. The molecule has 0 amide bonds. The predicted octanol–water partition coefficient (Wildman–Crippen LogP) is 3.84. The minimum Gasteiger partial charge on any atom is -0.478 e. The molecule has 1 aromatic rings. The quantitative estimate of drug-likeness (QED) is 0.677. The van der Waals surface area contributed by atoms with Gasteiger partial charge in [-0.3, -0.25) is 0 Å². The van der Waals surface area contributed by atoms with Gasteiger partial charge in [0, 0.05) is 0 Å². The van der Waals surface area contributed by atoms with Gasteiger partial charge in [-0.2, -0.15) is 0 Å². The molecule has 1 aromatic carbocycles. The smallest absolute Gasteiger partial charge is 0.339 e. The summed E-state index contributed by atoms with van der Waals surface area (Å²) in [6.45, 7) is 7.86. The third-order valence-corrected chi connectivity index (χ3v) is 4.05. The van der Waals surface area contributed by atoms with Crippen molar-refractivity contribution in [3.05, 3.63) is 59.2 Å². The Bertz CT molecular complexity index is 642. The number of esters is 1. The summed E-state index contributed by atoms with van der Waals surface area (Å²) in [6, 6.07) is 6.09. The Hall–Kier alpha value is -2.36. The van der Waals surface area contributed by atoms with Crippen LogP contribution in [0.25, 0.3) is 0 Å². The topological polar surface area (TPSA) is 63.6 Å². The van der Waals surface area contributed by atoms with E-state index in [1.165, 1.54) is 12.1 Å². The molecule has 0 fully saturated rings. The van der Waals surface area contributed by atoms with Gasteiger partial charge in [-0.15, -0.1) is 0 Å². The number of carboxylic acids is 1. The molecule has 0 saturated carbocycles. The van der Waals surface area contributed by atoms with E-state index in [2.05, 4.69) is 12.7 Å². The van der Waals surface area contributed by atoms with E-state index >= 15 is 0 Å². The number of allylic oxidation sites excluding steroid dienone is 2. The molecule has 116 valence electrons. The molecule has 2 unspecified atom stereocenters. The van der Waals surface area contributed by atoms with Crippen molar-refractivity contribution in [1.82, 2.24) is 0 Å². The summed E-state index contributed by atoms with van der Waals surface area (Å²) in [5.41, 5.74) is 2.11. The monoisotopic (exact) mass is 300 g/mol. The Balaban J connectivity index is 2.18. The Morgan fingerprint density at radius 1 is 1.27 bits per heavy atom. The molecule has 1 N–H and O–H groups in total. The van der Waals surface area contributed by atoms with Gasteiger partial charge in [0.1, 0.15) is 6.10 Å². The maximum atomic E-state index is 12.3. The van der Waals surface area contributed by atoms with Gasteiger partial charge in [-0.05, 0) is 50.3 Å². The summed E-state index contributed by atoms with van der Waals surface area (Å²) < 4.78 is 5.55. The molecule has 0 heterocycles. The molecule has 0 saturated heterocycles. The molecular weight excluding hydrogens is 280 g/mol. The van der Waals surface area contributed by atoms with Crippen LogP contribution in [0.3, 0.4) is 0 Å². The van der Waals surface area contributed by atoms with Crippen LogP contribution in [0.1, 0.15) is 47.4 Å². The van der Waals surface area contributed by atoms with E-state index in [9.17, 15) is 9.59 Å². The van der Waals surface area contributed by atoms with Gasteiger partial charge >= 0.3 is 11.9 Å². The van der Waals surface area contributed by atoms with Gasteiger partial charge < -0.3 is 9.84 Å². The summed E-state index contributed by atoms with van der Waals surface area (Å²) >= 11 is 0. The SMILES string of the molecule is C=C(C)C1CC=C(C)C(OC(=O)c2ccccc2C(=O)O)C1. The largest absolute Gasteiger partial charge is 0.478 e. The normalized spacial score (nSPS) is 20.9. The minimum absolute atomic E-state index is 0.0404. The number of rotatable bonds is 4. The van der Waals surface area contributed by atoms with Gasteiger partial charge in [-0.1, -0.05) is 30.4 Å². The number of benzene rings is 1. The Kier molecular flexibility index (Phi) is 4.81. The number of hydrogen-bond acceptors (Lipinski definition) is 3. The first-order valence-electron chi connectivity index (χ1n) is 7.25. The second kappa shape index (κ2) is 6.60. The first kappa shape index (κ1) is 16.0. The van der Waals surface area contributed by atoms with Crippen molar-refractivity contribution < 1.29 is 19.4 Å². The summed E-state index contributed by atoms with van der Waals surface area (Å²) in [7, 11) is 0. The predicted molar refractivity (Wildman–Crippen MR) is 83.9 cm³/mol. The van der Waals surface area contributed by atoms with Crippen LogP contribution < -0.4 is 0 Å². The van der Waals surface area contributed by atoms with Crippen molar-refractivity contribution in [1.29, 1.82) is 0 Å². The standard InChI is InChI=1S/C18H20O4/c1-11(2)13-9-8-12(3)16(10-13)22-18(21)15-7-5-4-6-14(15)17(19)20/h4-8,13,16H,1,9-10H2,2-3H3,(H,19,20). The molecule has 0 spiro atoms. The summed E-state index contributed by atoms with van der Waals surface area (Å²) in [6.07, 6.45) is 3.33. The van der Waals surface area contributed by atoms with E-state index < -0.39 is 11.9 Å². The fourth-order valence-electron chi connectivity index (χ4n) is 2.58. The van der Waals surface area contributed by atoms with E-state index in [0.717, 1.165) is 17.6 Å². The highest BCUT2D eigenvalue weighted by Gasteiger charge is 2.27. The lowest BCUT2D eigenvalue weighted by atomic mass is 9.84. The van der Waals surface area contributed by atoms with Crippen LogP contribution in [0.2, 0.25) is 0 Å². The van der Waals surface area contributed by atoms with Crippen LogP contribution in [0, 0.1) is 5.92 Å². The van der Waals surface area contributed by atoms with Crippen LogP contribution >= 0.6 is 0 Å².